The predicted octanol–water partition coefficient (Wildman–Crippen LogP) is -11.2. The standard InChI is InChI=1S/3K.3HO2P.H2O/c;;;3*1-3-2;/h;;;3*(H,1,2);1H2/q3*+1;;;;/p-3. The van der Waals surface area contributed by atoms with E-state index in [4.69, 9.17) is 28.4 Å². The summed E-state index contributed by atoms with van der Waals surface area (Å²) >= 11 is 0. The minimum absolute atomic E-state index is 0. The Balaban J connectivity index is -0.00000000720. The second-order valence-corrected chi connectivity index (χ2v) is 0.671. The molecule has 7 nitrogen and oxygen atoms in total. The smallest absolute Gasteiger partial charge is 0.772 e. The van der Waals surface area contributed by atoms with E-state index in [1.165, 1.54) is 0 Å². The summed E-state index contributed by atoms with van der Waals surface area (Å²) in [4.78, 5) is 25.0. The molecular formula is H2K3O7P3. The van der Waals surface area contributed by atoms with Crippen LogP contribution < -0.4 is 169 Å². The van der Waals surface area contributed by atoms with Crippen LogP contribution in [0.5, 0.6) is 0 Å². The topological polar surface area (TPSA) is 152 Å². The van der Waals surface area contributed by atoms with Gasteiger partial charge in [0.15, 0.2) is 0 Å². The van der Waals surface area contributed by atoms with E-state index in [0.717, 1.165) is 0 Å². The van der Waals surface area contributed by atoms with Crippen LogP contribution in [0.4, 0.5) is 0 Å². The van der Waals surface area contributed by atoms with Crippen LogP contribution in [0.3, 0.4) is 0 Å². The van der Waals surface area contributed by atoms with Crippen molar-refractivity contribution >= 4 is 26.1 Å². The predicted molar refractivity (Wildman–Crippen MR) is 26.4 cm³/mol. The van der Waals surface area contributed by atoms with Gasteiger partial charge in [-0.15, -0.1) is 0 Å². The molecule has 0 saturated heterocycles. The van der Waals surface area contributed by atoms with Crippen molar-refractivity contribution in [3.63, 3.8) is 0 Å². The van der Waals surface area contributed by atoms with Gasteiger partial charge in [-0.2, -0.15) is 0 Å². The number of rotatable bonds is 0. The molecule has 0 aliphatic heterocycles. The summed E-state index contributed by atoms with van der Waals surface area (Å²) in [6.07, 6.45) is 0. The van der Waals surface area contributed by atoms with Crippen LogP contribution in [-0.2, 0) is 13.7 Å². The Hall–Kier alpha value is 5.05. The first kappa shape index (κ1) is 43.0. The van der Waals surface area contributed by atoms with E-state index in [9.17, 15) is 0 Å². The van der Waals surface area contributed by atoms with Crippen LogP contribution >= 0.6 is 26.1 Å². The average molecular weight is 324 g/mol. The van der Waals surface area contributed by atoms with Crippen LogP contribution in [0.2, 0.25) is 0 Å². The van der Waals surface area contributed by atoms with Gasteiger partial charge in [0.2, 0.25) is 0 Å². The molecule has 0 fully saturated rings. The van der Waals surface area contributed by atoms with Crippen molar-refractivity contribution in [2.24, 2.45) is 0 Å². The largest absolute Gasteiger partial charge is 1.00 e. The Kier molecular flexibility index (Phi) is 224. The minimum atomic E-state index is -1.08. The van der Waals surface area contributed by atoms with Gasteiger partial charge in [-0.05, 0) is 0 Å². The third-order valence-corrected chi connectivity index (χ3v) is 0. The average Bonchev–Trinajstić information content (AvgIpc) is 1.70. The van der Waals surface area contributed by atoms with Crippen molar-refractivity contribution in [3.05, 3.63) is 0 Å². The molecule has 0 saturated carbocycles. The molecule has 13 heavy (non-hydrogen) atoms. The summed E-state index contributed by atoms with van der Waals surface area (Å²) in [6.45, 7) is 0. The van der Waals surface area contributed by atoms with Crippen molar-refractivity contribution < 1.29 is 188 Å². The zero-order valence-electron chi connectivity index (χ0n) is 7.29. The van der Waals surface area contributed by atoms with Gasteiger partial charge in [0.1, 0.15) is 0 Å². The Labute approximate surface area is 208 Å². The second kappa shape index (κ2) is 67.8. The molecule has 0 spiro atoms. The van der Waals surface area contributed by atoms with Crippen LogP contribution in [0.25, 0.3) is 0 Å². The zero-order chi connectivity index (χ0) is 8.12. The molecule has 0 heterocycles. The van der Waals surface area contributed by atoms with Gasteiger partial charge >= 0.3 is 154 Å². The van der Waals surface area contributed by atoms with Crippen LogP contribution in [0.1, 0.15) is 0 Å². The number of hydrogen-bond acceptors (Lipinski definition) is 6. The molecule has 0 aliphatic carbocycles. The van der Waals surface area contributed by atoms with Crippen molar-refractivity contribution in [1.29, 1.82) is 0 Å². The molecular weight excluding hydrogens is 322 g/mol. The van der Waals surface area contributed by atoms with E-state index in [2.05, 4.69) is 0 Å². The van der Waals surface area contributed by atoms with Crippen molar-refractivity contribution in [3.8, 4) is 0 Å². The van der Waals surface area contributed by atoms with Gasteiger partial charge in [0.05, 0.1) is 26.1 Å². The van der Waals surface area contributed by atoms with E-state index in [1.54, 1.807) is 0 Å². The van der Waals surface area contributed by atoms with E-state index >= 15 is 0 Å². The Morgan fingerprint density at radius 3 is 0.615 bits per heavy atom. The first-order chi connectivity index (χ1) is 4.24. The zero-order valence-corrected chi connectivity index (χ0v) is 19.3. The Morgan fingerprint density at radius 2 is 0.615 bits per heavy atom. The maximum absolute atomic E-state index is 8.35. The van der Waals surface area contributed by atoms with E-state index in [-0.39, 0.29) is 160 Å². The molecule has 0 aromatic rings. The van der Waals surface area contributed by atoms with Crippen molar-refractivity contribution in [2.45, 2.75) is 0 Å². The summed E-state index contributed by atoms with van der Waals surface area (Å²) < 4.78 is 25.0. The van der Waals surface area contributed by atoms with Gasteiger partial charge in [-0.3, -0.25) is 13.7 Å². The Morgan fingerprint density at radius 1 is 0.615 bits per heavy atom. The summed E-state index contributed by atoms with van der Waals surface area (Å²) in [5.41, 5.74) is 0. The maximum atomic E-state index is 8.35. The molecule has 0 rings (SSSR count). The van der Waals surface area contributed by atoms with Crippen LogP contribution in [0, 0.1) is 0 Å². The summed E-state index contributed by atoms with van der Waals surface area (Å²) in [7, 11) is -3.25. The van der Waals surface area contributed by atoms with Crippen LogP contribution in [-0.4, -0.2) is 5.48 Å². The normalized spacial score (nSPS) is 4.85. The van der Waals surface area contributed by atoms with E-state index in [0.29, 0.717) is 0 Å². The van der Waals surface area contributed by atoms with Gasteiger partial charge in [-0.1, -0.05) is 0 Å². The monoisotopic (exact) mass is 324 g/mol. The molecule has 2 N–H and O–H groups in total. The summed E-state index contributed by atoms with van der Waals surface area (Å²) in [5.74, 6) is 0. The molecule has 0 bridgehead atoms. The Bertz CT molecular complexity index is 55.7. The quantitative estimate of drug-likeness (QED) is 0.318. The van der Waals surface area contributed by atoms with Crippen molar-refractivity contribution in [1.82, 2.24) is 0 Å². The summed E-state index contributed by atoms with van der Waals surface area (Å²) in [5, 5.41) is 0. The maximum Gasteiger partial charge on any atom is 1.00 e. The third kappa shape index (κ3) is 151. The molecule has 13 heteroatoms. The molecule has 0 amide bonds. The SMILES string of the molecule is O.O=P[O-].O=P[O-].O=P[O-].[K+].[K+].[K+]. The molecule has 62 valence electrons. The van der Waals surface area contributed by atoms with Gasteiger partial charge in [0, 0.05) is 0 Å². The van der Waals surface area contributed by atoms with Gasteiger partial charge in [-0.25, -0.2) is 0 Å². The fraction of sp³-hybridized carbons (Fsp3) is 0. The number of hydrogen-bond donors (Lipinski definition) is 0. The van der Waals surface area contributed by atoms with E-state index < -0.39 is 26.1 Å². The van der Waals surface area contributed by atoms with Crippen molar-refractivity contribution in [2.75, 3.05) is 0 Å². The molecule has 0 unspecified atom stereocenters. The molecule has 0 aromatic heterocycles. The molecule has 0 radical (unpaired) electrons. The molecule has 0 aromatic carbocycles. The second-order valence-electron chi connectivity index (χ2n) is 0.224. The fourth-order valence-corrected chi connectivity index (χ4v) is 0. The van der Waals surface area contributed by atoms with E-state index in [1.807, 2.05) is 0 Å². The first-order valence-corrected chi connectivity index (χ1v) is 3.29. The molecule has 0 atom stereocenters. The minimum Gasteiger partial charge on any atom is -0.772 e. The molecule has 0 aliphatic rings. The fourth-order valence-electron chi connectivity index (χ4n) is 0. The third-order valence-electron chi connectivity index (χ3n) is 0. The summed E-state index contributed by atoms with van der Waals surface area (Å²) in [6, 6.07) is 0. The van der Waals surface area contributed by atoms with Gasteiger partial charge in [0.25, 0.3) is 0 Å². The van der Waals surface area contributed by atoms with Gasteiger partial charge < -0.3 is 20.2 Å². The first-order valence-electron chi connectivity index (χ1n) is 1.10. The van der Waals surface area contributed by atoms with Crippen LogP contribution in [0.15, 0.2) is 0 Å².